The lowest BCUT2D eigenvalue weighted by molar-refractivity contribution is 0.104. The maximum Gasteiger partial charge on any atom is 0.203 e. The molecule has 0 saturated heterocycles. The summed E-state index contributed by atoms with van der Waals surface area (Å²) in [6.07, 6.45) is 3.41. The molecule has 5 heteroatoms. The Morgan fingerprint density at radius 1 is 0.871 bits per heavy atom. The van der Waals surface area contributed by atoms with Gasteiger partial charge in [0.25, 0.3) is 0 Å². The lowest BCUT2D eigenvalue weighted by Crippen LogP contribution is -2.00. The molecule has 1 heterocycles. The maximum atomic E-state index is 12.8. The number of rotatable bonds is 7. The van der Waals surface area contributed by atoms with Crippen LogP contribution in [-0.4, -0.2) is 31.7 Å². The van der Waals surface area contributed by atoms with Crippen LogP contribution in [0.4, 0.5) is 0 Å². The van der Waals surface area contributed by atoms with E-state index in [-0.39, 0.29) is 5.78 Å². The van der Waals surface area contributed by atoms with Crippen molar-refractivity contribution >= 4 is 33.7 Å². The second-order valence-corrected chi connectivity index (χ2v) is 7.15. The first-order valence-electron chi connectivity index (χ1n) is 10.1. The zero-order valence-corrected chi connectivity index (χ0v) is 18.1. The number of aromatic nitrogens is 1. The molecule has 0 amide bonds. The zero-order valence-electron chi connectivity index (χ0n) is 18.1. The number of carbonyl (C=O) groups is 1. The largest absolute Gasteiger partial charge is 0.493 e. The predicted molar refractivity (Wildman–Crippen MR) is 125 cm³/mol. The van der Waals surface area contributed by atoms with Crippen LogP contribution in [0.5, 0.6) is 17.2 Å². The van der Waals surface area contributed by atoms with Crippen molar-refractivity contribution < 1.29 is 19.0 Å². The van der Waals surface area contributed by atoms with Crippen molar-refractivity contribution in [3.05, 3.63) is 71.8 Å². The molecule has 0 atom stereocenters. The first kappa shape index (κ1) is 20.5. The average Bonchev–Trinajstić information content (AvgIpc) is 3.14. The summed E-state index contributed by atoms with van der Waals surface area (Å²) in [4.78, 5) is 12.8. The molecular formula is C26H25NO4. The van der Waals surface area contributed by atoms with Gasteiger partial charge in [-0.15, -0.1) is 0 Å². The number of benzene rings is 3. The normalized spacial score (nSPS) is 11.4. The van der Waals surface area contributed by atoms with E-state index >= 15 is 0 Å². The Balaban J connectivity index is 1.70. The number of allylic oxidation sites excluding steroid dienone is 1. The van der Waals surface area contributed by atoms with Gasteiger partial charge in [0.1, 0.15) is 0 Å². The van der Waals surface area contributed by atoms with E-state index in [1.54, 1.807) is 18.2 Å². The summed E-state index contributed by atoms with van der Waals surface area (Å²) < 4.78 is 18.3. The van der Waals surface area contributed by atoms with Crippen molar-refractivity contribution in [3.63, 3.8) is 0 Å². The number of ether oxygens (including phenoxy) is 3. The van der Waals surface area contributed by atoms with E-state index < -0.39 is 0 Å². The zero-order chi connectivity index (χ0) is 22.0. The number of fused-ring (bicyclic) bond motifs is 3. The minimum Gasteiger partial charge on any atom is -0.493 e. The van der Waals surface area contributed by atoms with Crippen molar-refractivity contribution in [2.75, 3.05) is 21.3 Å². The van der Waals surface area contributed by atoms with Crippen LogP contribution in [0, 0.1) is 0 Å². The van der Waals surface area contributed by atoms with Crippen LogP contribution in [-0.2, 0) is 6.54 Å². The Morgan fingerprint density at radius 3 is 2.19 bits per heavy atom. The predicted octanol–water partition coefficient (Wildman–Crippen LogP) is 5.74. The lowest BCUT2D eigenvalue weighted by atomic mass is 10.1. The van der Waals surface area contributed by atoms with Gasteiger partial charge in [-0.1, -0.05) is 30.3 Å². The number of carbonyl (C=O) groups excluding carboxylic acids is 1. The molecule has 0 fully saturated rings. The van der Waals surface area contributed by atoms with Gasteiger partial charge >= 0.3 is 0 Å². The Morgan fingerprint density at radius 2 is 1.55 bits per heavy atom. The fourth-order valence-corrected chi connectivity index (χ4v) is 4.01. The lowest BCUT2D eigenvalue weighted by Gasteiger charge is -2.13. The maximum absolute atomic E-state index is 12.8. The van der Waals surface area contributed by atoms with Gasteiger partial charge in [-0.05, 0) is 48.9 Å². The molecule has 5 nitrogen and oxygen atoms in total. The molecule has 0 radical (unpaired) electrons. The van der Waals surface area contributed by atoms with E-state index in [0.717, 1.165) is 12.1 Å². The quantitative estimate of drug-likeness (QED) is 0.285. The molecular weight excluding hydrogens is 390 g/mol. The summed E-state index contributed by atoms with van der Waals surface area (Å²) in [6, 6.07) is 18.0. The number of methoxy groups -OCH3 is 3. The van der Waals surface area contributed by atoms with E-state index in [1.807, 2.05) is 12.1 Å². The summed E-state index contributed by atoms with van der Waals surface area (Å²) in [5, 5.41) is 2.39. The third-order valence-corrected chi connectivity index (χ3v) is 5.49. The van der Waals surface area contributed by atoms with Gasteiger partial charge in [0.2, 0.25) is 5.75 Å². The van der Waals surface area contributed by atoms with Crippen molar-refractivity contribution in [1.29, 1.82) is 0 Å². The molecule has 158 valence electrons. The second kappa shape index (κ2) is 8.56. The van der Waals surface area contributed by atoms with Gasteiger partial charge in [0, 0.05) is 33.9 Å². The Kier molecular flexibility index (Phi) is 5.67. The molecule has 31 heavy (non-hydrogen) atoms. The summed E-state index contributed by atoms with van der Waals surface area (Å²) in [6.45, 7) is 3.05. The number of para-hydroxylation sites is 1. The first-order valence-corrected chi connectivity index (χ1v) is 10.1. The van der Waals surface area contributed by atoms with Crippen LogP contribution in [0.25, 0.3) is 27.9 Å². The van der Waals surface area contributed by atoms with Gasteiger partial charge in [0.15, 0.2) is 17.3 Å². The number of hydrogen-bond acceptors (Lipinski definition) is 4. The minimum absolute atomic E-state index is 0.143. The van der Waals surface area contributed by atoms with Crippen LogP contribution in [0.1, 0.15) is 22.8 Å². The molecule has 4 rings (SSSR count). The van der Waals surface area contributed by atoms with E-state index in [9.17, 15) is 4.79 Å². The third-order valence-electron chi connectivity index (χ3n) is 5.49. The Labute approximate surface area is 181 Å². The standard InChI is InChI=1S/C26H25NO4/c1-5-27-21-9-7-6-8-19(21)20-14-17(10-12-22(20)27)11-13-23(28)18-15-24(29-2)26(31-4)25(16-18)30-3/h6-16H,5H2,1-4H3. The highest BCUT2D eigenvalue weighted by Crippen LogP contribution is 2.38. The molecule has 0 aliphatic heterocycles. The molecule has 1 aromatic heterocycles. The second-order valence-electron chi connectivity index (χ2n) is 7.15. The molecule has 0 N–H and O–H groups in total. The molecule has 0 saturated carbocycles. The Bertz CT molecular complexity index is 1270. The van der Waals surface area contributed by atoms with Crippen LogP contribution < -0.4 is 14.2 Å². The molecule has 4 aromatic rings. The smallest absolute Gasteiger partial charge is 0.203 e. The third kappa shape index (κ3) is 3.63. The van der Waals surface area contributed by atoms with E-state index in [1.165, 1.54) is 43.1 Å². The molecule has 3 aromatic carbocycles. The fourth-order valence-electron chi connectivity index (χ4n) is 4.01. The Hall–Kier alpha value is -3.73. The summed E-state index contributed by atoms with van der Waals surface area (Å²) in [5.74, 6) is 1.22. The molecule has 0 aliphatic rings. The van der Waals surface area contributed by atoms with Gasteiger partial charge < -0.3 is 18.8 Å². The van der Waals surface area contributed by atoms with Crippen LogP contribution in [0.15, 0.2) is 60.7 Å². The highest BCUT2D eigenvalue weighted by atomic mass is 16.5. The number of ketones is 1. The van der Waals surface area contributed by atoms with E-state index in [0.29, 0.717) is 22.8 Å². The number of aryl methyl sites for hydroxylation is 1. The SMILES string of the molecule is CCn1c2ccccc2c2cc(C=CC(=O)c3cc(OC)c(OC)c(OC)c3)ccc21. The highest BCUT2D eigenvalue weighted by Gasteiger charge is 2.16. The van der Waals surface area contributed by atoms with Crippen LogP contribution >= 0.6 is 0 Å². The van der Waals surface area contributed by atoms with Crippen molar-refractivity contribution in [3.8, 4) is 17.2 Å². The topological polar surface area (TPSA) is 49.7 Å². The summed E-state index contributed by atoms with van der Waals surface area (Å²) in [7, 11) is 4.60. The average molecular weight is 415 g/mol. The van der Waals surface area contributed by atoms with Crippen molar-refractivity contribution in [2.45, 2.75) is 13.5 Å². The minimum atomic E-state index is -0.143. The summed E-state index contributed by atoms with van der Waals surface area (Å²) in [5.41, 5.74) is 3.84. The van der Waals surface area contributed by atoms with Gasteiger partial charge in [-0.3, -0.25) is 4.79 Å². The monoisotopic (exact) mass is 415 g/mol. The van der Waals surface area contributed by atoms with Gasteiger partial charge in [-0.2, -0.15) is 0 Å². The number of nitrogens with zero attached hydrogens (tertiary/aromatic N) is 1. The van der Waals surface area contributed by atoms with Crippen LogP contribution in [0.3, 0.4) is 0 Å². The van der Waals surface area contributed by atoms with E-state index in [4.69, 9.17) is 14.2 Å². The van der Waals surface area contributed by atoms with Crippen molar-refractivity contribution in [1.82, 2.24) is 4.57 Å². The molecule has 0 bridgehead atoms. The fraction of sp³-hybridized carbons (Fsp3) is 0.192. The molecule has 0 aliphatic carbocycles. The molecule has 0 unspecified atom stereocenters. The van der Waals surface area contributed by atoms with Crippen molar-refractivity contribution in [2.24, 2.45) is 0 Å². The molecule has 0 spiro atoms. The first-order chi connectivity index (χ1) is 15.1. The van der Waals surface area contributed by atoms with Gasteiger partial charge in [-0.25, -0.2) is 0 Å². The summed E-state index contributed by atoms with van der Waals surface area (Å²) >= 11 is 0. The number of hydrogen-bond donors (Lipinski definition) is 0. The van der Waals surface area contributed by atoms with Gasteiger partial charge in [0.05, 0.1) is 21.3 Å². The van der Waals surface area contributed by atoms with Crippen LogP contribution in [0.2, 0.25) is 0 Å². The highest BCUT2D eigenvalue weighted by molar-refractivity contribution is 6.10. The van der Waals surface area contributed by atoms with E-state index in [2.05, 4.69) is 47.9 Å².